The highest BCUT2D eigenvalue weighted by molar-refractivity contribution is 5.92. The molecule has 0 radical (unpaired) electrons. The van der Waals surface area contributed by atoms with Gasteiger partial charge in [0.25, 0.3) is 11.5 Å². The van der Waals surface area contributed by atoms with Crippen molar-refractivity contribution in [2.45, 2.75) is 39.7 Å². The third-order valence-electron chi connectivity index (χ3n) is 5.47. The van der Waals surface area contributed by atoms with E-state index in [1.54, 1.807) is 30.5 Å². The fourth-order valence-electron chi connectivity index (χ4n) is 3.55. The summed E-state index contributed by atoms with van der Waals surface area (Å²) in [6.07, 6.45) is 1.71. The molecular weight excluding hydrogens is 442 g/mol. The summed E-state index contributed by atoms with van der Waals surface area (Å²) in [5.41, 5.74) is 3.80. The number of aromatic nitrogens is 2. The van der Waals surface area contributed by atoms with Gasteiger partial charge in [-0.1, -0.05) is 39.0 Å². The maximum absolute atomic E-state index is 12.4. The lowest BCUT2D eigenvalue weighted by atomic mass is 9.87. The molecule has 7 heteroatoms. The van der Waals surface area contributed by atoms with Gasteiger partial charge < -0.3 is 14.8 Å². The molecule has 1 amide bonds. The van der Waals surface area contributed by atoms with Gasteiger partial charge in [0.1, 0.15) is 23.8 Å². The van der Waals surface area contributed by atoms with Gasteiger partial charge in [0.05, 0.1) is 5.69 Å². The zero-order chi connectivity index (χ0) is 25.0. The van der Waals surface area contributed by atoms with E-state index in [9.17, 15) is 9.59 Å². The first kappa shape index (κ1) is 24.0. The lowest BCUT2D eigenvalue weighted by Crippen LogP contribution is -2.20. The molecule has 0 fully saturated rings. The van der Waals surface area contributed by atoms with Crippen LogP contribution in [0.25, 0.3) is 5.65 Å². The molecule has 2 aromatic carbocycles. The Morgan fingerprint density at radius 1 is 0.971 bits per heavy atom. The highest BCUT2D eigenvalue weighted by Crippen LogP contribution is 2.24. The van der Waals surface area contributed by atoms with Gasteiger partial charge in [-0.3, -0.25) is 14.0 Å². The predicted molar refractivity (Wildman–Crippen MR) is 136 cm³/mol. The predicted octanol–water partition coefficient (Wildman–Crippen LogP) is 4.90. The van der Waals surface area contributed by atoms with Crippen molar-refractivity contribution in [2.24, 2.45) is 0 Å². The van der Waals surface area contributed by atoms with Gasteiger partial charge in [0, 0.05) is 24.0 Å². The summed E-state index contributed by atoms with van der Waals surface area (Å²) in [5, 5.41) is 2.81. The molecule has 0 aliphatic carbocycles. The molecule has 0 bridgehead atoms. The first-order valence-electron chi connectivity index (χ1n) is 11.4. The summed E-state index contributed by atoms with van der Waals surface area (Å²) in [6.45, 7) is 8.41. The third kappa shape index (κ3) is 6.26. The van der Waals surface area contributed by atoms with Crippen LogP contribution >= 0.6 is 0 Å². The highest BCUT2D eigenvalue weighted by atomic mass is 16.5. The molecule has 7 nitrogen and oxygen atoms in total. The molecule has 4 rings (SSSR count). The van der Waals surface area contributed by atoms with Gasteiger partial charge in [-0.15, -0.1) is 0 Å². The number of ether oxygens (including phenoxy) is 2. The molecule has 0 saturated heterocycles. The summed E-state index contributed by atoms with van der Waals surface area (Å²) in [4.78, 5) is 29.2. The average Bonchev–Trinajstić information content (AvgIpc) is 2.81. The van der Waals surface area contributed by atoms with Crippen molar-refractivity contribution < 1.29 is 14.3 Å². The molecule has 0 unspecified atom stereocenters. The first-order valence-corrected chi connectivity index (χ1v) is 11.4. The lowest BCUT2D eigenvalue weighted by Gasteiger charge is -2.19. The van der Waals surface area contributed by atoms with Crippen LogP contribution in [-0.4, -0.2) is 21.9 Å². The minimum absolute atomic E-state index is 0.0582. The summed E-state index contributed by atoms with van der Waals surface area (Å²) in [5.74, 6) is 0.911. The van der Waals surface area contributed by atoms with Crippen LogP contribution in [0.5, 0.6) is 11.5 Å². The molecule has 2 aromatic heterocycles. The molecule has 0 aliphatic rings. The minimum atomic E-state index is -0.276. The Morgan fingerprint density at radius 2 is 1.74 bits per heavy atom. The molecule has 4 aromatic rings. The van der Waals surface area contributed by atoms with E-state index in [1.807, 2.05) is 43.3 Å². The van der Waals surface area contributed by atoms with E-state index >= 15 is 0 Å². The maximum atomic E-state index is 12.4. The number of hydrogen-bond donors (Lipinski definition) is 1. The fraction of sp³-hybridized carbons (Fsp3) is 0.250. The lowest BCUT2D eigenvalue weighted by molar-refractivity contribution is -0.118. The van der Waals surface area contributed by atoms with Crippen LogP contribution in [0.15, 0.2) is 77.7 Å². The van der Waals surface area contributed by atoms with Crippen molar-refractivity contribution in [3.05, 3.63) is 100 Å². The maximum Gasteiger partial charge on any atom is 0.262 e. The Bertz CT molecular complexity index is 1400. The van der Waals surface area contributed by atoms with E-state index in [-0.39, 0.29) is 30.1 Å². The number of pyridine rings is 1. The number of fused-ring (bicyclic) bond motifs is 1. The Balaban J connectivity index is 1.34. The van der Waals surface area contributed by atoms with E-state index in [2.05, 4.69) is 31.1 Å². The van der Waals surface area contributed by atoms with Gasteiger partial charge in [0.2, 0.25) is 0 Å². The molecule has 35 heavy (non-hydrogen) atoms. The Hall–Kier alpha value is -4.13. The van der Waals surface area contributed by atoms with Crippen LogP contribution in [0.1, 0.15) is 37.6 Å². The van der Waals surface area contributed by atoms with Crippen molar-refractivity contribution in [3.8, 4) is 11.5 Å². The molecule has 0 aliphatic heterocycles. The fourth-order valence-corrected chi connectivity index (χ4v) is 3.55. The Labute approximate surface area is 204 Å². The number of aryl methyl sites for hydroxylation is 1. The smallest absolute Gasteiger partial charge is 0.262 e. The van der Waals surface area contributed by atoms with Crippen LogP contribution in [-0.2, 0) is 16.8 Å². The summed E-state index contributed by atoms with van der Waals surface area (Å²) in [6, 6.07) is 20.0. The van der Waals surface area contributed by atoms with E-state index in [0.717, 1.165) is 5.56 Å². The van der Waals surface area contributed by atoms with Crippen molar-refractivity contribution in [3.63, 3.8) is 0 Å². The van der Waals surface area contributed by atoms with Crippen LogP contribution in [0.4, 0.5) is 5.69 Å². The molecular formula is C28H29N3O4. The number of benzene rings is 2. The van der Waals surface area contributed by atoms with E-state index in [1.165, 1.54) is 16.0 Å². The topological polar surface area (TPSA) is 81.9 Å². The van der Waals surface area contributed by atoms with Crippen LogP contribution < -0.4 is 20.3 Å². The van der Waals surface area contributed by atoms with Gasteiger partial charge in [-0.05, 0) is 59.9 Å². The van der Waals surface area contributed by atoms with Gasteiger partial charge in [-0.25, -0.2) is 4.98 Å². The van der Waals surface area contributed by atoms with Crippen LogP contribution in [0.3, 0.4) is 0 Å². The van der Waals surface area contributed by atoms with Crippen LogP contribution in [0.2, 0.25) is 0 Å². The Morgan fingerprint density at radius 3 is 2.49 bits per heavy atom. The number of nitrogens with zero attached hydrogens (tertiary/aromatic N) is 2. The highest BCUT2D eigenvalue weighted by Gasteiger charge is 2.13. The summed E-state index contributed by atoms with van der Waals surface area (Å²) in [7, 11) is 0. The van der Waals surface area contributed by atoms with E-state index < -0.39 is 0 Å². The van der Waals surface area contributed by atoms with E-state index in [0.29, 0.717) is 28.5 Å². The second kappa shape index (κ2) is 10.0. The molecule has 180 valence electrons. The molecule has 0 atom stereocenters. The molecule has 2 heterocycles. The Kier molecular flexibility index (Phi) is 6.87. The second-order valence-corrected chi connectivity index (χ2v) is 9.45. The van der Waals surface area contributed by atoms with Crippen molar-refractivity contribution in [1.29, 1.82) is 0 Å². The van der Waals surface area contributed by atoms with Crippen LogP contribution in [0, 0.1) is 6.92 Å². The normalized spacial score (nSPS) is 11.3. The first-order chi connectivity index (χ1) is 16.7. The number of carbonyl (C=O) groups is 1. The summed E-state index contributed by atoms with van der Waals surface area (Å²) < 4.78 is 12.9. The van der Waals surface area contributed by atoms with E-state index in [4.69, 9.17) is 9.47 Å². The largest absolute Gasteiger partial charge is 0.487 e. The van der Waals surface area contributed by atoms with Crippen molar-refractivity contribution >= 4 is 17.2 Å². The third-order valence-corrected chi connectivity index (χ3v) is 5.47. The van der Waals surface area contributed by atoms with Crippen molar-refractivity contribution in [2.75, 3.05) is 11.9 Å². The molecule has 0 saturated carbocycles. The SMILES string of the molecule is Cc1ccn2c(=O)cc(COc3cccc(NC(=O)COc4ccc(C(C)(C)C)cc4)c3)nc2c1. The number of anilines is 1. The number of amides is 1. The zero-order valence-corrected chi connectivity index (χ0v) is 20.4. The minimum Gasteiger partial charge on any atom is -0.487 e. The van der Waals surface area contributed by atoms with Crippen molar-refractivity contribution in [1.82, 2.24) is 9.38 Å². The number of nitrogens with one attached hydrogen (secondary N) is 1. The zero-order valence-electron chi connectivity index (χ0n) is 20.4. The molecule has 1 N–H and O–H groups in total. The van der Waals surface area contributed by atoms with Gasteiger partial charge >= 0.3 is 0 Å². The average molecular weight is 472 g/mol. The number of hydrogen-bond acceptors (Lipinski definition) is 5. The standard InChI is InChI=1S/C28H29N3O4/c1-19-12-13-31-25(14-19)29-22(16-27(31)33)17-34-24-7-5-6-21(15-24)30-26(32)18-35-23-10-8-20(9-11-23)28(2,3)4/h5-16H,17-18H2,1-4H3,(H,30,32). The quantitative estimate of drug-likeness (QED) is 0.415. The summed E-state index contributed by atoms with van der Waals surface area (Å²) >= 11 is 0. The van der Waals surface area contributed by atoms with Gasteiger partial charge in [0.15, 0.2) is 6.61 Å². The van der Waals surface area contributed by atoms with Gasteiger partial charge in [-0.2, -0.15) is 0 Å². The second-order valence-electron chi connectivity index (χ2n) is 9.45. The molecule has 0 spiro atoms. The monoisotopic (exact) mass is 471 g/mol. The number of rotatable bonds is 7. The number of carbonyl (C=O) groups excluding carboxylic acids is 1.